The van der Waals surface area contributed by atoms with Gasteiger partial charge in [-0.25, -0.2) is 0 Å². The van der Waals surface area contributed by atoms with Gasteiger partial charge in [-0.1, -0.05) is 85.0 Å². The Morgan fingerprint density at radius 3 is 0.922 bits per heavy atom. The topological polar surface area (TPSA) is 54.4 Å². The van der Waals surface area contributed by atoms with Crippen LogP contribution in [0.3, 0.4) is 0 Å². The monoisotopic (exact) mass is 836 g/mol. The maximum Gasteiger partial charge on any atom is 0.119 e. The second kappa shape index (κ2) is 18.9. The van der Waals surface area contributed by atoms with Crippen LogP contribution < -0.4 is 24.0 Å². The van der Waals surface area contributed by atoms with Crippen molar-refractivity contribution in [3.8, 4) is 17.2 Å². The molecule has 0 fully saturated rings. The van der Waals surface area contributed by atoms with E-state index in [2.05, 4.69) is 168 Å². The van der Waals surface area contributed by atoms with Gasteiger partial charge in [0, 0.05) is 34.1 Å². The van der Waals surface area contributed by atoms with Crippen LogP contribution >= 0.6 is 0 Å². The number of aliphatic hydroxyl groups is 1. The average Bonchev–Trinajstić information content (AvgIpc) is 3.36. The highest BCUT2D eigenvalue weighted by Gasteiger charge is 2.15. The number of nitrogens with zero attached hydrogens (tertiary/aromatic N) is 2. The lowest BCUT2D eigenvalue weighted by molar-refractivity contribution is 0.282. The standard InChI is InChI=1S/C58H48N2O4/c1-62-56-30-24-53(25-31-56)59(52-22-14-45(40-61)15-23-52)50-18-10-41(11-19-50)4-6-43-8-16-46-39-49-37-44(9-17-47(49)38-48(46)36-43)7-5-42-12-20-51(21-13-42)60(54-26-32-57(63-2)33-27-54)55-28-34-58(64-3)35-29-55/h4-39,61H,40H2,1-3H3/b6-4+,7-5+. The van der Waals surface area contributed by atoms with E-state index in [1.54, 1.807) is 21.3 Å². The number of anilines is 6. The van der Waals surface area contributed by atoms with Crippen molar-refractivity contribution in [2.24, 2.45) is 0 Å². The Bertz CT molecular complexity index is 2740. The third kappa shape index (κ3) is 9.24. The van der Waals surface area contributed by atoms with E-state index in [4.69, 9.17) is 14.2 Å². The lowest BCUT2D eigenvalue weighted by Crippen LogP contribution is -2.10. The highest BCUT2D eigenvalue weighted by atomic mass is 16.5. The molecule has 6 heteroatoms. The van der Waals surface area contributed by atoms with Gasteiger partial charge in [0.25, 0.3) is 0 Å². The molecular formula is C58H48N2O4. The summed E-state index contributed by atoms with van der Waals surface area (Å²) in [6.45, 7) is 0.00933. The zero-order valence-electron chi connectivity index (χ0n) is 36.1. The third-order valence-corrected chi connectivity index (χ3v) is 11.5. The molecule has 314 valence electrons. The van der Waals surface area contributed by atoms with E-state index in [-0.39, 0.29) is 6.61 Å². The van der Waals surface area contributed by atoms with E-state index in [1.807, 2.05) is 60.7 Å². The van der Waals surface area contributed by atoms with E-state index < -0.39 is 0 Å². The number of ether oxygens (including phenoxy) is 3. The number of benzene rings is 9. The van der Waals surface area contributed by atoms with Crippen molar-refractivity contribution in [1.82, 2.24) is 0 Å². The Morgan fingerprint density at radius 2 is 0.609 bits per heavy atom. The Kier molecular flexibility index (Phi) is 12.2. The number of hydrogen-bond acceptors (Lipinski definition) is 6. The molecule has 0 saturated heterocycles. The first-order valence-electron chi connectivity index (χ1n) is 21.2. The number of hydrogen-bond donors (Lipinski definition) is 1. The van der Waals surface area contributed by atoms with Gasteiger partial charge in [-0.15, -0.1) is 0 Å². The summed E-state index contributed by atoms with van der Waals surface area (Å²) < 4.78 is 16.2. The zero-order chi connectivity index (χ0) is 43.8. The molecule has 0 bridgehead atoms. The maximum absolute atomic E-state index is 9.61. The molecule has 0 heterocycles. The van der Waals surface area contributed by atoms with Crippen molar-refractivity contribution in [3.05, 3.63) is 222 Å². The van der Waals surface area contributed by atoms with Crippen LogP contribution in [-0.2, 0) is 6.61 Å². The fourth-order valence-corrected chi connectivity index (χ4v) is 7.93. The van der Waals surface area contributed by atoms with Crippen LogP contribution in [-0.4, -0.2) is 26.4 Å². The molecule has 9 aromatic carbocycles. The van der Waals surface area contributed by atoms with Gasteiger partial charge in [-0.05, 0) is 183 Å². The summed E-state index contributed by atoms with van der Waals surface area (Å²) in [4.78, 5) is 4.42. The van der Waals surface area contributed by atoms with Crippen LogP contribution in [0.4, 0.5) is 34.1 Å². The van der Waals surface area contributed by atoms with Gasteiger partial charge in [-0.2, -0.15) is 0 Å². The molecule has 0 radical (unpaired) electrons. The summed E-state index contributed by atoms with van der Waals surface area (Å²) in [5.74, 6) is 2.44. The van der Waals surface area contributed by atoms with Gasteiger partial charge in [0.15, 0.2) is 0 Å². The molecule has 0 saturated carbocycles. The van der Waals surface area contributed by atoms with E-state index in [1.165, 1.54) is 21.5 Å². The van der Waals surface area contributed by atoms with Crippen molar-refractivity contribution in [2.75, 3.05) is 31.1 Å². The second-order valence-corrected chi connectivity index (χ2v) is 15.5. The van der Waals surface area contributed by atoms with Crippen molar-refractivity contribution in [1.29, 1.82) is 0 Å². The zero-order valence-corrected chi connectivity index (χ0v) is 36.1. The molecule has 0 spiro atoms. The average molecular weight is 837 g/mol. The van der Waals surface area contributed by atoms with E-state index in [0.717, 1.165) is 79.2 Å². The molecule has 9 rings (SSSR count). The normalized spacial score (nSPS) is 11.4. The van der Waals surface area contributed by atoms with Gasteiger partial charge in [-0.3, -0.25) is 0 Å². The molecule has 9 aromatic rings. The summed E-state index contributed by atoms with van der Waals surface area (Å²) in [5, 5.41) is 14.4. The minimum absolute atomic E-state index is 0.00933. The van der Waals surface area contributed by atoms with Gasteiger partial charge >= 0.3 is 0 Å². The lowest BCUT2D eigenvalue weighted by Gasteiger charge is -2.26. The van der Waals surface area contributed by atoms with Crippen LogP contribution in [0.25, 0.3) is 45.8 Å². The smallest absolute Gasteiger partial charge is 0.119 e. The molecular weight excluding hydrogens is 789 g/mol. The largest absolute Gasteiger partial charge is 0.497 e. The van der Waals surface area contributed by atoms with Gasteiger partial charge in [0.1, 0.15) is 17.2 Å². The Hall–Kier alpha value is -8.06. The predicted molar refractivity (Wildman–Crippen MR) is 267 cm³/mol. The highest BCUT2D eigenvalue weighted by molar-refractivity contribution is 6.00. The summed E-state index contributed by atoms with van der Waals surface area (Å²) in [5.41, 5.74) is 11.5. The molecule has 0 unspecified atom stereocenters. The van der Waals surface area contributed by atoms with Gasteiger partial charge < -0.3 is 29.1 Å². The predicted octanol–water partition coefficient (Wildman–Crippen LogP) is 14.8. The molecule has 0 aliphatic rings. The van der Waals surface area contributed by atoms with E-state index in [0.29, 0.717) is 0 Å². The minimum atomic E-state index is 0.00933. The van der Waals surface area contributed by atoms with Crippen molar-refractivity contribution < 1.29 is 19.3 Å². The van der Waals surface area contributed by atoms with Gasteiger partial charge in [0.05, 0.1) is 27.9 Å². The molecule has 6 nitrogen and oxygen atoms in total. The van der Waals surface area contributed by atoms with E-state index in [9.17, 15) is 5.11 Å². The van der Waals surface area contributed by atoms with Crippen molar-refractivity contribution in [3.63, 3.8) is 0 Å². The van der Waals surface area contributed by atoms with Crippen LogP contribution in [0, 0.1) is 0 Å². The second-order valence-electron chi connectivity index (χ2n) is 15.5. The summed E-state index contributed by atoms with van der Waals surface area (Å²) in [6.07, 6.45) is 8.67. The SMILES string of the molecule is COc1ccc(N(c2ccc(/C=C/c3ccc4cc5cc(/C=C/c6ccc(N(c7ccc(OC)cc7)c7ccc(OC)cc7)cc6)ccc5cc4c3)cc2)c2ccc(CO)cc2)cc1. The first kappa shape index (κ1) is 41.3. The Morgan fingerprint density at radius 1 is 0.328 bits per heavy atom. The third-order valence-electron chi connectivity index (χ3n) is 11.5. The van der Waals surface area contributed by atoms with E-state index >= 15 is 0 Å². The first-order chi connectivity index (χ1) is 31.5. The van der Waals surface area contributed by atoms with Crippen molar-refractivity contribution >= 4 is 80.0 Å². The summed E-state index contributed by atoms with van der Waals surface area (Å²) in [6, 6.07) is 67.2. The molecule has 0 aromatic heterocycles. The fourth-order valence-electron chi connectivity index (χ4n) is 7.93. The quantitative estimate of drug-likeness (QED) is 0.0870. The summed E-state index contributed by atoms with van der Waals surface area (Å²) >= 11 is 0. The number of aliphatic hydroxyl groups excluding tert-OH is 1. The van der Waals surface area contributed by atoms with Crippen LogP contribution in [0.15, 0.2) is 194 Å². The Labute approximate surface area is 374 Å². The Balaban J connectivity index is 0.898. The fraction of sp³-hybridized carbons (Fsp3) is 0.0690. The maximum atomic E-state index is 9.61. The molecule has 0 aliphatic carbocycles. The molecule has 0 aliphatic heterocycles. The molecule has 64 heavy (non-hydrogen) atoms. The highest BCUT2D eigenvalue weighted by Crippen LogP contribution is 2.38. The van der Waals surface area contributed by atoms with Crippen LogP contribution in [0.5, 0.6) is 17.2 Å². The van der Waals surface area contributed by atoms with Gasteiger partial charge in [0.2, 0.25) is 0 Å². The van der Waals surface area contributed by atoms with Crippen LogP contribution in [0.2, 0.25) is 0 Å². The first-order valence-corrected chi connectivity index (χ1v) is 21.2. The van der Waals surface area contributed by atoms with Crippen molar-refractivity contribution in [2.45, 2.75) is 6.61 Å². The molecule has 0 atom stereocenters. The number of rotatable bonds is 14. The minimum Gasteiger partial charge on any atom is -0.497 e. The molecule has 0 amide bonds. The van der Waals surface area contributed by atoms with Crippen LogP contribution in [0.1, 0.15) is 27.8 Å². The number of fused-ring (bicyclic) bond motifs is 2. The summed E-state index contributed by atoms with van der Waals surface area (Å²) in [7, 11) is 5.04. The molecule has 1 N–H and O–H groups in total. The number of methoxy groups -OCH3 is 3. The lowest BCUT2D eigenvalue weighted by atomic mass is 9.99.